The summed E-state index contributed by atoms with van der Waals surface area (Å²) in [6.07, 6.45) is 2.11. The van der Waals surface area contributed by atoms with E-state index in [2.05, 4.69) is 34.4 Å². The predicted octanol–water partition coefficient (Wildman–Crippen LogP) is 2.80. The Balaban J connectivity index is 2.93. The van der Waals surface area contributed by atoms with Crippen molar-refractivity contribution in [3.8, 4) is 0 Å². The van der Waals surface area contributed by atoms with Gasteiger partial charge < -0.3 is 10.0 Å². The quantitative estimate of drug-likeness (QED) is 0.459. The fourth-order valence-corrected chi connectivity index (χ4v) is 2.53. The van der Waals surface area contributed by atoms with Gasteiger partial charge in [0.25, 0.3) is 5.69 Å². The number of aliphatic hydroxyl groups excluding tert-OH is 1. The zero-order valence-electron chi connectivity index (χ0n) is 10.3. The lowest BCUT2D eigenvalue weighted by atomic mass is 10.2. The maximum atomic E-state index is 10.7. The number of halogens is 1. The zero-order valence-corrected chi connectivity index (χ0v) is 12.5. The molecule has 0 bridgehead atoms. The molecule has 0 aliphatic rings. The lowest BCUT2D eigenvalue weighted by Gasteiger charge is -2.24. The van der Waals surface area contributed by atoms with Gasteiger partial charge in [-0.2, -0.15) is 0 Å². The molecule has 100 valence electrons. The molecule has 6 heteroatoms. The van der Waals surface area contributed by atoms with Gasteiger partial charge in [-0.3, -0.25) is 10.1 Å². The molecule has 0 aliphatic carbocycles. The van der Waals surface area contributed by atoms with Crippen molar-refractivity contribution in [3.05, 3.63) is 31.9 Å². The van der Waals surface area contributed by atoms with Crippen LogP contribution in [0.15, 0.2) is 18.2 Å². The fraction of sp³-hybridized carbons (Fsp3) is 0.500. The van der Waals surface area contributed by atoms with Gasteiger partial charge in [0.2, 0.25) is 0 Å². The highest BCUT2D eigenvalue weighted by Gasteiger charge is 2.13. The fourth-order valence-electron chi connectivity index (χ4n) is 1.69. The van der Waals surface area contributed by atoms with E-state index >= 15 is 0 Å². The van der Waals surface area contributed by atoms with Gasteiger partial charge in [0, 0.05) is 28.8 Å². The van der Waals surface area contributed by atoms with E-state index in [0.717, 1.165) is 28.6 Å². The minimum atomic E-state index is -0.394. The van der Waals surface area contributed by atoms with Crippen LogP contribution in [0.25, 0.3) is 0 Å². The molecule has 0 unspecified atom stereocenters. The van der Waals surface area contributed by atoms with Gasteiger partial charge in [0.05, 0.1) is 17.2 Å². The minimum absolute atomic E-state index is 0.0801. The molecule has 1 aromatic carbocycles. The van der Waals surface area contributed by atoms with Gasteiger partial charge >= 0.3 is 0 Å². The van der Waals surface area contributed by atoms with Crippen molar-refractivity contribution in [3.63, 3.8) is 0 Å². The molecule has 0 spiro atoms. The smallest absolute Gasteiger partial charge is 0.270 e. The molecule has 0 fully saturated rings. The van der Waals surface area contributed by atoms with Gasteiger partial charge in [0.1, 0.15) is 0 Å². The maximum Gasteiger partial charge on any atom is 0.270 e. The number of nitro groups is 1. The van der Waals surface area contributed by atoms with Crippen LogP contribution in [0.5, 0.6) is 0 Å². The summed E-state index contributed by atoms with van der Waals surface area (Å²) in [5, 5.41) is 19.8. The highest BCUT2D eigenvalue weighted by atomic mass is 127. The SMILES string of the molecule is CCCCN(CCO)c1ccc([N+](=O)[O-])cc1I. The van der Waals surface area contributed by atoms with E-state index in [1.54, 1.807) is 12.1 Å². The highest BCUT2D eigenvalue weighted by molar-refractivity contribution is 14.1. The Morgan fingerprint density at radius 2 is 2.17 bits per heavy atom. The maximum absolute atomic E-state index is 10.7. The van der Waals surface area contributed by atoms with E-state index in [1.807, 2.05) is 0 Å². The van der Waals surface area contributed by atoms with Crippen LogP contribution in [0.4, 0.5) is 11.4 Å². The van der Waals surface area contributed by atoms with Crippen molar-refractivity contribution in [1.29, 1.82) is 0 Å². The second-order valence-electron chi connectivity index (χ2n) is 3.96. The number of rotatable bonds is 7. The Bertz CT molecular complexity index is 412. The van der Waals surface area contributed by atoms with Crippen LogP contribution >= 0.6 is 22.6 Å². The first-order chi connectivity index (χ1) is 8.60. The summed E-state index contributed by atoms with van der Waals surface area (Å²) >= 11 is 2.10. The van der Waals surface area contributed by atoms with E-state index in [9.17, 15) is 10.1 Å². The van der Waals surface area contributed by atoms with Crippen LogP contribution in [0, 0.1) is 13.7 Å². The van der Waals surface area contributed by atoms with Crippen LogP contribution in [0.2, 0.25) is 0 Å². The summed E-state index contributed by atoms with van der Waals surface area (Å²) in [4.78, 5) is 12.4. The number of hydrogen-bond donors (Lipinski definition) is 1. The molecule has 5 nitrogen and oxygen atoms in total. The first-order valence-electron chi connectivity index (χ1n) is 5.90. The van der Waals surface area contributed by atoms with Gasteiger partial charge in [-0.25, -0.2) is 0 Å². The van der Waals surface area contributed by atoms with E-state index in [1.165, 1.54) is 6.07 Å². The third-order valence-electron chi connectivity index (χ3n) is 2.63. The van der Waals surface area contributed by atoms with Gasteiger partial charge in [-0.1, -0.05) is 13.3 Å². The standard InChI is InChI=1S/C12H17IN2O3/c1-2-3-6-14(7-8-16)12-5-4-10(15(17)18)9-11(12)13/h4-5,9,16H,2-3,6-8H2,1H3. The Labute approximate surface area is 120 Å². The van der Waals surface area contributed by atoms with Gasteiger partial charge in [-0.05, 0) is 35.1 Å². The second kappa shape index (κ2) is 7.52. The molecule has 0 amide bonds. The molecule has 0 aromatic heterocycles. The molecule has 0 saturated heterocycles. The van der Waals surface area contributed by atoms with Crippen molar-refractivity contribution >= 4 is 34.0 Å². The average Bonchev–Trinajstić information content (AvgIpc) is 2.34. The topological polar surface area (TPSA) is 66.6 Å². The van der Waals surface area contributed by atoms with Crippen LogP contribution in [0.3, 0.4) is 0 Å². The number of aliphatic hydroxyl groups is 1. The minimum Gasteiger partial charge on any atom is -0.395 e. The molecule has 0 heterocycles. The molecule has 1 rings (SSSR count). The first kappa shape index (κ1) is 15.2. The van der Waals surface area contributed by atoms with E-state index in [-0.39, 0.29) is 12.3 Å². The van der Waals surface area contributed by atoms with Crippen molar-refractivity contribution in [2.45, 2.75) is 19.8 Å². The Kier molecular flexibility index (Phi) is 6.34. The molecular formula is C12H17IN2O3. The largest absolute Gasteiger partial charge is 0.395 e. The normalized spacial score (nSPS) is 10.4. The number of unbranched alkanes of at least 4 members (excludes halogenated alkanes) is 1. The third kappa shape index (κ3) is 4.09. The van der Waals surface area contributed by atoms with E-state index in [0.29, 0.717) is 6.54 Å². The third-order valence-corrected chi connectivity index (χ3v) is 3.50. The summed E-state index contributed by atoms with van der Waals surface area (Å²) in [7, 11) is 0. The molecule has 0 saturated carbocycles. The summed E-state index contributed by atoms with van der Waals surface area (Å²) in [5.74, 6) is 0. The van der Waals surface area contributed by atoms with Crippen molar-refractivity contribution in [1.82, 2.24) is 0 Å². The van der Waals surface area contributed by atoms with Gasteiger partial charge in [-0.15, -0.1) is 0 Å². The Hall–Kier alpha value is -0.890. The summed E-state index contributed by atoms with van der Waals surface area (Å²) in [6.45, 7) is 3.59. The van der Waals surface area contributed by atoms with Crippen LogP contribution < -0.4 is 4.90 Å². The van der Waals surface area contributed by atoms with E-state index < -0.39 is 4.92 Å². The number of nitrogens with zero attached hydrogens (tertiary/aromatic N) is 2. The number of benzene rings is 1. The number of anilines is 1. The Morgan fingerprint density at radius 3 is 2.67 bits per heavy atom. The van der Waals surface area contributed by atoms with Crippen LogP contribution in [-0.4, -0.2) is 29.7 Å². The highest BCUT2D eigenvalue weighted by Crippen LogP contribution is 2.27. The summed E-state index contributed by atoms with van der Waals surface area (Å²) in [6, 6.07) is 4.82. The summed E-state index contributed by atoms with van der Waals surface area (Å²) < 4.78 is 0.839. The molecule has 0 atom stereocenters. The molecule has 18 heavy (non-hydrogen) atoms. The lowest BCUT2D eigenvalue weighted by molar-refractivity contribution is -0.384. The van der Waals surface area contributed by atoms with Crippen molar-refractivity contribution in [2.75, 3.05) is 24.6 Å². The molecule has 0 radical (unpaired) electrons. The van der Waals surface area contributed by atoms with Crippen molar-refractivity contribution in [2.24, 2.45) is 0 Å². The number of nitro benzene ring substituents is 1. The zero-order chi connectivity index (χ0) is 13.5. The monoisotopic (exact) mass is 364 g/mol. The second-order valence-corrected chi connectivity index (χ2v) is 5.12. The molecule has 0 aliphatic heterocycles. The van der Waals surface area contributed by atoms with Gasteiger partial charge in [0.15, 0.2) is 0 Å². The lowest BCUT2D eigenvalue weighted by Crippen LogP contribution is -2.28. The molecule has 1 N–H and O–H groups in total. The number of hydrogen-bond acceptors (Lipinski definition) is 4. The summed E-state index contributed by atoms with van der Waals surface area (Å²) in [5.41, 5.74) is 1.05. The van der Waals surface area contributed by atoms with Crippen LogP contribution in [0.1, 0.15) is 19.8 Å². The number of non-ortho nitro benzene ring substituents is 1. The van der Waals surface area contributed by atoms with Crippen molar-refractivity contribution < 1.29 is 10.0 Å². The molecular weight excluding hydrogens is 347 g/mol. The average molecular weight is 364 g/mol. The van der Waals surface area contributed by atoms with E-state index in [4.69, 9.17) is 5.11 Å². The van der Waals surface area contributed by atoms with Crippen LogP contribution in [-0.2, 0) is 0 Å². The molecule has 1 aromatic rings. The first-order valence-corrected chi connectivity index (χ1v) is 6.97. The predicted molar refractivity (Wildman–Crippen MR) is 80.0 cm³/mol. The Morgan fingerprint density at radius 1 is 1.44 bits per heavy atom.